The first-order valence-electron chi connectivity index (χ1n) is 5.26. The predicted octanol–water partition coefficient (Wildman–Crippen LogP) is 3.36. The highest BCUT2D eigenvalue weighted by atomic mass is 35.5. The van der Waals surface area contributed by atoms with Gasteiger partial charge in [-0.05, 0) is 36.4 Å². The van der Waals surface area contributed by atoms with Gasteiger partial charge in [0.1, 0.15) is 5.75 Å². The molecule has 17 heavy (non-hydrogen) atoms. The minimum absolute atomic E-state index is 0.651. The van der Waals surface area contributed by atoms with E-state index in [9.17, 15) is 0 Å². The Morgan fingerprint density at radius 3 is 2.53 bits per heavy atom. The van der Waals surface area contributed by atoms with E-state index in [0.717, 1.165) is 17.1 Å². The highest BCUT2D eigenvalue weighted by Crippen LogP contribution is 2.15. The first-order valence-corrected chi connectivity index (χ1v) is 5.64. The van der Waals surface area contributed by atoms with Crippen molar-refractivity contribution >= 4 is 17.3 Å². The molecule has 0 atom stereocenters. The van der Waals surface area contributed by atoms with E-state index in [-0.39, 0.29) is 0 Å². The van der Waals surface area contributed by atoms with Gasteiger partial charge in [0.15, 0.2) is 0 Å². The van der Waals surface area contributed by atoms with E-state index in [1.807, 2.05) is 36.4 Å². The van der Waals surface area contributed by atoms with Crippen LogP contribution in [0.25, 0.3) is 0 Å². The van der Waals surface area contributed by atoms with Crippen LogP contribution in [0.5, 0.6) is 5.75 Å². The fourth-order valence-corrected chi connectivity index (χ4v) is 1.52. The summed E-state index contributed by atoms with van der Waals surface area (Å²) in [5, 5.41) is 3.92. The number of pyridine rings is 1. The van der Waals surface area contributed by atoms with Crippen LogP contribution in [0.1, 0.15) is 5.69 Å². The fraction of sp³-hybridized carbons (Fsp3) is 0.154. The minimum atomic E-state index is 0.651. The van der Waals surface area contributed by atoms with Crippen molar-refractivity contribution in [1.29, 1.82) is 0 Å². The van der Waals surface area contributed by atoms with Crippen LogP contribution in [0, 0.1) is 0 Å². The zero-order valence-corrected chi connectivity index (χ0v) is 10.2. The molecule has 1 aromatic heterocycles. The SMILES string of the molecule is COc1ccc(NCc2ccc(Cl)cn2)cc1. The number of nitrogens with zero attached hydrogens (tertiary/aromatic N) is 1. The number of rotatable bonds is 4. The molecular formula is C13H13ClN2O. The second-order valence-electron chi connectivity index (χ2n) is 3.55. The van der Waals surface area contributed by atoms with Gasteiger partial charge >= 0.3 is 0 Å². The van der Waals surface area contributed by atoms with Crippen molar-refractivity contribution in [3.05, 3.63) is 53.3 Å². The number of benzene rings is 1. The Bertz CT molecular complexity index is 468. The number of nitrogens with one attached hydrogen (secondary N) is 1. The Hall–Kier alpha value is -1.74. The summed E-state index contributed by atoms with van der Waals surface area (Å²) in [6.07, 6.45) is 1.65. The first kappa shape index (κ1) is 11.7. The molecule has 0 aliphatic rings. The number of ether oxygens (including phenoxy) is 1. The zero-order chi connectivity index (χ0) is 12.1. The lowest BCUT2D eigenvalue weighted by Gasteiger charge is -2.06. The third-order valence-electron chi connectivity index (χ3n) is 2.35. The summed E-state index contributed by atoms with van der Waals surface area (Å²) in [5.74, 6) is 0.847. The van der Waals surface area contributed by atoms with Gasteiger partial charge in [-0.25, -0.2) is 0 Å². The largest absolute Gasteiger partial charge is 0.497 e. The average Bonchev–Trinajstić information content (AvgIpc) is 2.39. The number of hydrogen-bond acceptors (Lipinski definition) is 3. The van der Waals surface area contributed by atoms with Crippen molar-refractivity contribution in [3.8, 4) is 5.75 Å². The molecule has 88 valence electrons. The molecule has 4 heteroatoms. The van der Waals surface area contributed by atoms with E-state index < -0.39 is 0 Å². The number of halogens is 1. The Labute approximate surface area is 105 Å². The monoisotopic (exact) mass is 248 g/mol. The number of aromatic nitrogens is 1. The van der Waals surface area contributed by atoms with Crippen molar-refractivity contribution in [2.24, 2.45) is 0 Å². The lowest BCUT2D eigenvalue weighted by atomic mass is 10.3. The van der Waals surface area contributed by atoms with E-state index in [4.69, 9.17) is 16.3 Å². The smallest absolute Gasteiger partial charge is 0.119 e. The molecule has 1 aromatic carbocycles. The zero-order valence-electron chi connectivity index (χ0n) is 9.48. The van der Waals surface area contributed by atoms with Gasteiger partial charge in [-0.1, -0.05) is 11.6 Å². The van der Waals surface area contributed by atoms with E-state index in [2.05, 4.69) is 10.3 Å². The molecule has 1 N–H and O–H groups in total. The van der Waals surface area contributed by atoms with Crippen LogP contribution in [-0.2, 0) is 6.54 Å². The Balaban J connectivity index is 1.95. The Kier molecular flexibility index (Phi) is 3.83. The summed E-state index contributed by atoms with van der Waals surface area (Å²) in [5.41, 5.74) is 1.98. The van der Waals surface area contributed by atoms with Crippen LogP contribution in [0.2, 0.25) is 5.02 Å². The van der Waals surface area contributed by atoms with Crippen LogP contribution >= 0.6 is 11.6 Å². The average molecular weight is 249 g/mol. The maximum atomic E-state index is 5.77. The summed E-state index contributed by atoms with van der Waals surface area (Å²) >= 11 is 5.77. The Morgan fingerprint density at radius 1 is 1.18 bits per heavy atom. The van der Waals surface area contributed by atoms with Gasteiger partial charge < -0.3 is 10.1 Å². The summed E-state index contributed by atoms with van der Waals surface area (Å²) in [6, 6.07) is 11.5. The highest BCUT2D eigenvalue weighted by molar-refractivity contribution is 6.30. The Morgan fingerprint density at radius 2 is 1.94 bits per heavy atom. The number of anilines is 1. The van der Waals surface area contributed by atoms with Gasteiger partial charge in [0.05, 0.1) is 24.4 Å². The molecule has 0 amide bonds. The van der Waals surface area contributed by atoms with Crippen molar-refractivity contribution in [2.75, 3.05) is 12.4 Å². The topological polar surface area (TPSA) is 34.1 Å². The normalized spacial score (nSPS) is 10.0. The number of methoxy groups -OCH3 is 1. The van der Waals surface area contributed by atoms with E-state index >= 15 is 0 Å². The summed E-state index contributed by atoms with van der Waals surface area (Å²) in [6.45, 7) is 0.670. The van der Waals surface area contributed by atoms with E-state index in [1.165, 1.54) is 0 Å². The molecule has 3 nitrogen and oxygen atoms in total. The van der Waals surface area contributed by atoms with Crippen molar-refractivity contribution in [2.45, 2.75) is 6.54 Å². The highest BCUT2D eigenvalue weighted by Gasteiger charge is 1.96. The molecule has 0 unspecified atom stereocenters. The van der Waals surface area contributed by atoms with Crippen molar-refractivity contribution < 1.29 is 4.74 Å². The molecule has 0 bridgehead atoms. The molecule has 2 rings (SSSR count). The molecule has 0 saturated heterocycles. The molecule has 0 spiro atoms. The summed E-state index contributed by atoms with van der Waals surface area (Å²) in [7, 11) is 1.65. The molecule has 0 fully saturated rings. The van der Waals surface area contributed by atoms with Crippen LogP contribution in [-0.4, -0.2) is 12.1 Å². The lowest BCUT2D eigenvalue weighted by molar-refractivity contribution is 0.415. The minimum Gasteiger partial charge on any atom is -0.497 e. The molecular weight excluding hydrogens is 236 g/mol. The summed E-state index contributed by atoms with van der Waals surface area (Å²) in [4.78, 5) is 4.21. The number of hydrogen-bond donors (Lipinski definition) is 1. The van der Waals surface area contributed by atoms with Crippen LogP contribution < -0.4 is 10.1 Å². The second-order valence-corrected chi connectivity index (χ2v) is 3.99. The predicted molar refractivity (Wildman–Crippen MR) is 69.6 cm³/mol. The van der Waals surface area contributed by atoms with Crippen LogP contribution in [0.3, 0.4) is 0 Å². The molecule has 0 radical (unpaired) electrons. The van der Waals surface area contributed by atoms with Crippen molar-refractivity contribution in [1.82, 2.24) is 4.98 Å². The fourth-order valence-electron chi connectivity index (χ4n) is 1.41. The van der Waals surface area contributed by atoms with Gasteiger partial charge in [-0.2, -0.15) is 0 Å². The third kappa shape index (κ3) is 3.36. The standard InChI is InChI=1S/C13H13ClN2O/c1-17-13-6-4-11(5-7-13)16-9-12-3-2-10(14)8-15-12/h2-8,16H,9H2,1H3. The second kappa shape index (κ2) is 5.55. The quantitative estimate of drug-likeness (QED) is 0.901. The van der Waals surface area contributed by atoms with Gasteiger partial charge in [-0.15, -0.1) is 0 Å². The van der Waals surface area contributed by atoms with E-state index in [1.54, 1.807) is 13.3 Å². The third-order valence-corrected chi connectivity index (χ3v) is 2.58. The molecule has 1 heterocycles. The lowest BCUT2D eigenvalue weighted by Crippen LogP contribution is -2.01. The molecule has 2 aromatic rings. The van der Waals surface area contributed by atoms with Crippen LogP contribution in [0.4, 0.5) is 5.69 Å². The maximum absolute atomic E-state index is 5.77. The van der Waals surface area contributed by atoms with Crippen LogP contribution in [0.15, 0.2) is 42.6 Å². The van der Waals surface area contributed by atoms with Gasteiger partial charge in [-0.3, -0.25) is 4.98 Å². The van der Waals surface area contributed by atoms with Gasteiger partial charge in [0.2, 0.25) is 0 Å². The maximum Gasteiger partial charge on any atom is 0.119 e. The van der Waals surface area contributed by atoms with E-state index in [0.29, 0.717) is 11.6 Å². The summed E-state index contributed by atoms with van der Waals surface area (Å²) < 4.78 is 5.09. The molecule has 0 saturated carbocycles. The molecule has 0 aliphatic heterocycles. The van der Waals surface area contributed by atoms with Crippen molar-refractivity contribution in [3.63, 3.8) is 0 Å². The van der Waals surface area contributed by atoms with Gasteiger partial charge in [0, 0.05) is 11.9 Å². The first-order chi connectivity index (χ1) is 8.28. The molecule has 0 aliphatic carbocycles. The van der Waals surface area contributed by atoms with Gasteiger partial charge in [0.25, 0.3) is 0 Å².